The number of aliphatic hydroxyl groups excluding tert-OH is 1. The maximum Gasteiger partial charge on any atom is 0.160 e. The highest BCUT2D eigenvalue weighted by Crippen LogP contribution is 2.28. The van der Waals surface area contributed by atoms with E-state index in [1.54, 1.807) is 12.1 Å². The van der Waals surface area contributed by atoms with E-state index in [0.29, 0.717) is 24.3 Å². The van der Waals surface area contributed by atoms with Gasteiger partial charge >= 0.3 is 0 Å². The molecule has 102 valence electrons. The van der Waals surface area contributed by atoms with Crippen LogP contribution >= 0.6 is 0 Å². The van der Waals surface area contributed by atoms with Gasteiger partial charge in [0.15, 0.2) is 11.5 Å². The fraction of sp³-hybridized carbons (Fsp3) is 0.385. The maximum atomic E-state index is 10.0. The minimum atomic E-state index is -0.867. The van der Waals surface area contributed by atoms with Gasteiger partial charge in [-0.2, -0.15) is 0 Å². The van der Waals surface area contributed by atoms with E-state index in [1.807, 2.05) is 0 Å². The van der Waals surface area contributed by atoms with Gasteiger partial charge in [-0.15, -0.1) is 12.3 Å². The van der Waals surface area contributed by atoms with Crippen LogP contribution in [0.1, 0.15) is 18.2 Å². The van der Waals surface area contributed by atoms with Crippen LogP contribution in [0.5, 0.6) is 11.5 Å². The normalized spacial score (nSPS) is 17.5. The molecule has 1 atom stereocenters. The number of aliphatic hydroxyl groups is 1. The number of terminal acetylenes is 1. The fourth-order valence-electron chi connectivity index (χ4n) is 1.75. The highest BCUT2D eigenvalue weighted by Gasteiger charge is 2.40. The number of ether oxygens (including phenoxy) is 1. The number of rotatable bonds is 6. The molecule has 0 spiro atoms. The molecule has 1 heterocycles. The highest BCUT2D eigenvalue weighted by atomic mass is 16.5. The Bertz CT molecular complexity index is 494. The topological polar surface area (TPSA) is 106 Å². The molecule has 0 bridgehead atoms. The Morgan fingerprint density at radius 3 is 2.84 bits per heavy atom. The predicted octanol–water partition coefficient (Wildman–Crippen LogP) is -0.191. The zero-order valence-corrected chi connectivity index (χ0v) is 10.6. The van der Waals surface area contributed by atoms with E-state index in [1.165, 1.54) is 13.2 Å². The lowest BCUT2D eigenvalue weighted by molar-refractivity contribution is 0.134. The molecular weight excluding hydrogens is 246 g/mol. The first-order valence-electron chi connectivity index (χ1n) is 5.86. The highest BCUT2D eigenvalue weighted by molar-refractivity contribution is 5.42. The minimum absolute atomic E-state index is 0.0350. The van der Waals surface area contributed by atoms with E-state index >= 15 is 0 Å². The monoisotopic (exact) mass is 263 g/mol. The van der Waals surface area contributed by atoms with E-state index in [-0.39, 0.29) is 11.4 Å². The Labute approximate surface area is 111 Å². The number of phenols is 1. The zero-order valence-electron chi connectivity index (χ0n) is 10.6. The molecule has 0 aliphatic carbocycles. The van der Waals surface area contributed by atoms with E-state index in [0.717, 1.165) is 0 Å². The lowest BCUT2D eigenvalue weighted by atomic mass is 10.1. The third kappa shape index (κ3) is 3.16. The summed E-state index contributed by atoms with van der Waals surface area (Å²) >= 11 is 0. The van der Waals surface area contributed by atoms with Crippen molar-refractivity contribution in [1.82, 2.24) is 16.2 Å². The van der Waals surface area contributed by atoms with Crippen molar-refractivity contribution in [1.29, 1.82) is 0 Å². The first-order valence-corrected chi connectivity index (χ1v) is 5.86. The maximum absolute atomic E-state index is 10.0. The van der Waals surface area contributed by atoms with E-state index in [9.17, 15) is 10.2 Å². The number of phenolic OH excluding ortho intramolecular Hbond substituents is 1. The van der Waals surface area contributed by atoms with Gasteiger partial charge in [-0.25, -0.2) is 10.9 Å². The number of nitrogens with one attached hydrogen (secondary N) is 3. The predicted molar refractivity (Wildman–Crippen MR) is 70.1 cm³/mol. The molecule has 1 aliphatic heterocycles. The molecule has 1 unspecified atom stereocenters. The van der Waals surface area contributed by atoms with E-state index in [2.05, 4.69) is 22.1 Å². The van der Waals surface area contributed by atoms with Crippen LogP contribution in [0.3, 0.4) is 0 Å². The molecule has 0 amide bonds. The minimum Gasteiger partial charge on any atom is -0.504 e. The SMILES string of the molecule is C#CCC1(CNC(O)c2ccc(O)c(OC)c2)NN1. The van der Waals surface area contributed by atoms with E-state index in [4.69, 9.17) is 11.2 Å². The molecule has 2 rings (SSSR count). The van der Waals surface area contributed by atoms with Crippen molar-refractivity contribution in [3.8, 4) is 23.8 Å². The van der Waals surface area contributed by atoms with Crippen LogP contribution in [0.2, 0.25) is 0 Å². The Balaban J connectivity index is 1.96. The zero-order chi connectivity index (χ0) is 13.9. The average Bonchev–Trinajstić information content (AvgIpc) is 3.17. The molecule has 6 heteroatoms. The van der Waals surface area contributed by atoms with Crippen molar-refractivity contribution in [2.45, 2.75) is 18.3 Å². The number of aromatic hydroxyl groups is 1. The Morgan fingerprint density at radius 2 is 2.26 bits per heavy atom. The van der Waals surface area contributed by atoms with Gasteiger partial charge in [-0.3, -0.25) is 5.32 Å². The molecule has 0 saturated carbocycles. The third-order valence-corrected chi connectivity index (χ3v) is 3.00. The Morgan fingerprint density at radius 1 is 1.53 bits per heavy atom. The molecule has 5 N–H and O–H groups in total. The van der Waals surface area contributed by atoms with Crippen LogP contribution in [-0.4, -0.2) is 29.5 Å². The van der Waals surface area contributed by atoms with Gasteiger partial charge in [0.2, 0.25) is 0 Å². The summed E-state index contributed by atoms with van der Waals surface area (Å²) in [6.07, 6.45) is 4.91. The molecule has 1 aliphatic rings. The molecule has 6 nitrogen and oxygen atoms in total. The van der Waals surface area contributed by atoms with Gasteiger partial charge in [0.1, 0.15) is 11.9 Å². The number of hydrogen-bond acceptors (Lipinski definition) is 6. The summed E-state index contributed by atoms with van der Waals surface area (Å²) in [6.45, 7) is 0.474. The molecule has 1 fully saturated rings. The molecule has 1 aromatic rings. The van der Waals surface area contributed by atoms with Crippen LogP contribution in [0, 0.1) is 12.3 Å². The fourth-order valence-corrected chi connectivity index (χ4v) is 1.75. The summed E-state index contributed by atoms with van der Waals surface area (Å²) in [5.41, 5.74) is 6.18. The summed E-state index contributed by atoms with van der Waals surface area (Å²) in [4.78, 5) is 0. The first-order chi connectivity index (χ1) is 9.10. The van der Waals surface area contributed by atoms with Crippen molar-refractivity contribution >= 4 is 0 Å². The van der Waals surface area contributed by atoms with Gasteiger partial charge in [-0.1, -0.05) is 6.07 Å². The lowest BCUT2D eigenvalue weighted by Gasteiger charge is -2.17. The molecule has 0 radical (unpaired) electrons. The largest absolute Gasteiger partial charge is 0.504 e. The van der Waals surface area contributed by atoms with Gasteiger partial charge in [0.25, 0.3) is 0 Å². The quantitative estimate of drug-likeness (QED) is 0.277. The van der Waals surface area contributed by atoms with Crippen molar-refractivity contribution < 1.29 is 14.9 Å². The van der Waals surface area contributed by atoms with E-state index < -0.39 is 6.23 Å². The van der Waals surface area contributed by atoms with Crippen LogP contribution in [-0.2, 0) is 0 Å². The first kappa shape index (κ1) is 13.6. The smallest absolute Gasteiger partial charge is 0.160 e. The molecule has 1 saturated heterocycles. The standard InChI is InChI=1S/C13H17N3O3/c1-3-6-13(15-16-13)8-14-12(18)9-4-5-10(17)11(7-9)19-2/h1,4-5,7,12,14-18H,6,8H2,2H3. The summed E-state index contributed by atoms with van der Waals surface area (Å²) in [7, 11) is 1.46. The molecule has 0 aromatic heterocycles. The summed E-state index contributed by atoms with van der Waals surface area (Å²) in [6, 6.07) is 4.68. The van der Waals surface area contributed by atoms with Crippen LogP contribution < -0.4 is 20.9 Å². The summed E-state index contributed by atoms with van der Waals surface area (Å²) in [5.74, 6) is 2.91. The summed E-state index contributed by atoms with van der Waals surface area (Å²) in [5, 5.41) is 22.5. The number of hydrogen-bond donors (Lipinski definition) is 5. The Hall–Kier alpha value is -1.78. The summed E-state index contributed by atoms with van der Waals surface area (Å²) < 4.78 is 4.99. The van der Waals surface area contributed by atoms with Crippen LogP contribution in [0.4, 0.5) is 0 Å². The average molecular weight is 263 g/mol. The number of benzene rings is 1. The van der Waals surface area contributed by atoms with Crippen LogP contribution in [0.15, 0.2) is 18.2 Å². The van der Waals surface area contributed by atoms with Gasteiger partial charge < -0.3 is 14.9 Å². The van der Waals surface area contributed by atoms with Crippen molar-refractivity contribution in [2.75, 3.05) is 13.7 Å². The molecule has 1 aromatic carbocycles. The molecule has 19 heavy (non-hydrogen) atoms. The second-order valence-corrected chi connectivity index (χ2v) is 4.43. The Kier molecular flexibility index (Phi) is 3.93. The third-order valence-electron chi connectivity index (χ3n) is 3.00. The van der Waals surface area contributed by atoms with Crippen molar-refractivity contribution in [2.24, 2.45) is 0 Å². The van der Waals surface area contributed by atoms with Crippen molar-refractivity contribution in [3.05, 3.63) is 23.8 Å². The lowest BCUT2D eigenvalue weighted by Crippen LogP contribution is -2.35. The number of methoxy groups -OCH3 is 1. The van der Waals surface area contributed by atoms with Gasteiger partial charge in [0.05, 0.1) is 7.11 Å². The van der Waals surface area contributed by atoms with Crippen molar-refractivity contribution in [3.63, 3.8) is 0 Å². The van der Waals surface area contributed by atoms with Gasteiger partial charge in [0, 0.05) is 13.0 Å². The second kappa shape index (κ2) is 5.47. The molecular formula is C13H17N3O3. The van der Waals surface area contributed by atoms with Crippen LogP contribution in [0.25, 0.3) is 0 Å². The number of hydrazine groups is 1. The second-order valence-electron chi connectivity index (χ2n) is 4.43. The van der Waals surface area contributed by atoms with Gasteiger partial charge in [-0.05, 0) is 17.7 Å².